The summed E-state index contributed by atoms with van der Waals surface area (Å²) in [5.41, 5.74) is 0. The summed E-state index contributed by atoms with van der Waals surface area (Å²) in [5.74, 6) is 0. The molecular formula is C7H16N2. The van der Waals surface area contributed by atoms with Gasteiger partial charge >= 0.3 is 0 Å². The van der Waals surface area contributed by atoms with E-state index >= 15 is 0 Å². The Morgan fingerprint density at radius 3 is 2.56 bits per heavy atom. The van der Waals surface area contributed by atoms with Crippen LogP contribution in [0.2, 0.25) is 0 Å². The van der Waals surface area contributed by atoms with Gasteiger partial charge in [0.2, 0.25) is 0 Å². The SMILES string of the molecule is [CH2-][NH+](C)C1CNC(C)C1. The van der Waals surface area contributed by atoms with Gasteiger partial charge in [0, 0.05) is 26.1 Å². The molecular weight excluding hydrogens is 112 g/mol. The molecule has 2 nitrogen and oxygen atoms in total. The lowest BCUT2D eigenvalue weighted by atomic mass is 10.2. The summed E-state index contributed by atoms with van der Waals surface area (Å²) in [6.45, 7) is 3.36. The van der Waals surface area contributed by atoms with Crippen LogP contribution in [0.4, 0.5) is 0 Å². The summed E-state index contributed by atoms with van der Waals surface area (Å²) in [5, 5.41) is 3.39. The van der Waals surface area contributed by atoms with E-state index in [0.717, 1.165) is 12.6 Å². The minimum atomic E-state index is 0.701. The van der Waals surface area contributed by atoms with E-state index < -0.39 is 0 Å². The highest BCUT2D eigenvalue weighted by atomic mass is 15.2. The first-order chi connectivity index (χ1) is 4.20. The van der Waals surface area contributed by atoms with Gasteiger partial charge in [0.1, 0.15) is 0 Å². The summed E-state index contributed by atoms with van der Waals surface area (Å²) in [7, 11) is 6.05. The van der Waals surface area contributed by atoms with Gasteiger partial charge in [0.15, 0.2) is 0 Å². The highest BCUT2D eigenvalue weighted by molar-refractivity contribution is 4.77. The van der Waals surface area contributed by atoms with Gasteiger partial charge in [-0.3, -0.25) is 0 Å². The molecule has 1 fully saturated rings. The lowest BCUT2D eigenvalue weighted by molar-refractivity contribution is -0.857. The average molecular weight is 128 g/mol. The van der Waals surface area contributed by atoms with Crippen LogP contribution in [0.1, 0.15) is 13.3 Å². The number of hydrogen-bond acceptors (Lipinski definition) is 1. The van der Waals surface area contributed by atoms with Crippen LogP contribution in [0.25, 0.3) is 0 Å². The van der Waals surface area contributed by atoms with Crippen LogP contribution in [-0.4, -0.2) is 25.7 Å². The molecule has 1 saturated heterocycles. The van der Waals surface area contributed by atoms with Gasteiger partial charge in [0.25, 0.3) is 0 Å². The molecule has 9 heavy (non-hydrogen) atoms. The Labute approximate surface area is 57.2 Å². The van der Waals surface area contributed by atoms with Gasteiger partial charge in [-0.2, -0.15) is 7.05 Å². The standard InChI is InChI=1S/C7H16N2/c1-6-4-7(5-8-6)9(2)3/h6-9H,2,4-5H2,1,3H3. The van der Waals surface area contributed by atoms with Crippen molar-refractivity contribution in [2.24, 2.45) is 0 Å². The third-order valence-corrected chi connectivity index (χ3v) is 2.05. The molecule has 0 aliphatic carbocycles. The number of nitrogens with one attached hydrogen (secondary N) is 2. The average Bonchev–Trinajstić information content (AvgIpc) is 2.14. The Bertz CT molecular complexity index is 90.9. The van der Waals surface area contributed by atoms with Crippen molar-refractivity contribution in [1.29, 1.82) is 0 Å². The van der Waals surface area contributed by atoms with Gasteiger partial charge in [-0.05, 0) is 6.92 Å². The van der Waals surface area contributed by atoms with Crippen LogP contribution in [0.3, 0.4) is 0 Å². The van der Waals surface area contributed by atoms with Crippen LogP contribution < -0.4 is 10.2 Å². The third kappa shape index (κ3) is 1.66. The minimum Gasteiger partial charge on any atom is -0.467 e. The largest absolute Gasteiger partial charge is 0.467 e. The third-order valence-electron chi connectivity index (χ3n) is 2.05. The molecule has 3 unspecified atom stereocenters. The second-order valence-electron chi connectivity index (χ2n) is 3.09. The quantitative estimate of drug-likeness (QED) is 0.435. The molecule has 0 radical (unpaired) electrons. The predicted molar refractivity (Wildman–Crippen MR) is 38.1 cm³/mol. The predicted octanol–water partition coefficient (Wildman–Crippen LogP) is -0.957. The van der Waals surface area contributed by atoms with Crippen molar-refractivity contribution in [3.05, 3.63) is 7.05 Å². The first-order valence-electron chi connectivity index (χ1n) is 3.59. The first kappa shape index (κ1) is 7.03. The summed E-state index contributed by atoms with van der Waals surface area (Å²) < 4.78 is 0. The monoisotopic (exact) mass is 128 g/mol. The van der Waals surface area contributed by atoms with E-state index in [1.807, 2.05) is 0 Å². The van der Waals surface area contributed by atoms with Crippen LogP contribution in [0, 0.1) is 7.05 Å². The second-order valence-corrected chi connectivity index (χ2v) is 3.09. The maximum absolute atomic E-state index is 3.93. The number of quaternary nitrogens is 1. The molecule has 0 spiro atoms. The Kier molecular flexibility index (Phi) is 2.09. The second kappa shape index (κ2) is 2.67. The molecule has 0 amide bonds. The molecule has 1 aliphatic rings. The maximum Gasteiger partial charge on any atom is 0.0774 e. The van der Waals surface area contributed by atoms with Gasteiger partial charge in [-0.25, -0.2) is 0 Å². The minimum absolute atomic E-state index is 0.701. The Morgan fingerprint density at radius 2 is 2.33 bits per heavy atom. The first-order valence-corrected chi connectivity index (χ1v) is 3.59. The number of hydrogen-bond donors (Lipinski definition) is 2. The molecule has 2 N–H and O–H groups in total. The topological polar surface area (TPSA) is 16.5 Å². The summed E-state index contributed by atoms with van der Waals surface area (Å²) >= 11 is 0. The zero-order chi connectivity index (χ0) is 6.85. The Balaban J connectivity index is 2.30. The fraction of sp³-hybridized carbons (Fsp3) is 0.857. The lowest BCUT2D eigenvalue weighted by Crippen LogP contribution is -3.08. The molecule has 0 aromatic carbocycles. The molecule has 1 aliphatic heterocycles. The fourth-order valence-corrected chi connectivity index (χ4v) is 1.31. The zero-order valence-electron chi connectivity index (χ0n) is 6.28. The van der Waals surface area contributed by atoms with E-state index in [2.05, 4.69) is 26.3 Å². The van der Waals surface area contributed by atoms with Crippen LogP contribution in [-0.2, 0) is 0 Å². The molecule has 0 aromatic heterocycles. The molecule has 0 saturated carbocycles. The van der Waals surface area contributed by atoms with Crippen molar-refractivity contribution in [3.8, 4) is 0 Å². The van der Waals surface area contributed by atoms with E-state index in [1.165, 1.54) is 11.3 Å². The van der Waals surface area contributed by atoms with Crippen LogP contribution in [0.5, 0.6) is 0 Å². The van der Waals surface area contributed by atoms with Gasteiger partial charge in [0.05, 0.1) is 6.04 Å². The van der Waals surface area contributed by atoms with Gasteiger partial charge < -0.3 is 10.2 Å². The van der Waals surface area contributed by atoms with Crippen molar-refractivity contribution in [1.82, 2.24) is 5.32 Å². The molecule has 3 atom stereocenters. The number of rotatable bonds is 1. The van der Waals surface area contributed by atoms with Crippen LogP contribution in [0.15, 0.2) is 0 Å². The van der Waals surface area contributed by atoms with Crippen molar-refractivity contribution in [3.63, 3.8) is 0 Å². The normalized spacial score (nSPS) is 39.0. The van der Waals surface area contributed by atoms with E-state index in [-0.39, 0.29) is 0 Å². The molecule has 54 valence electrons. The highest BCUT2D eigenvalue weighted by Gasteiger charge is 2.22. The van der Waals surface area contributed by atoms with Gasteiger partial charge in [-0.15, -0.1) is 0 Å². The van der Waals surface area contributed by atoms with Crippen molar-refractivity contribution < 1.29 is 4.90 Å². The summed E-state index contributed by atoms with van der Waals surface area (Å²) in [6.07, 6.45) is 1.27. The van der Waals surface area contributed by atoms with Crippen molar-refractivity contribution in [2.75, 3.05) is 13.6 Å². The fourth-order valence-electron chi connectivity index (χ4n) is 1.31. The van der Waals surface area contributed by atoms with E-state index in [9.17, 15) is 0 Å². The maximum atomic E-state index is 3.93. The molecule has 1 heterocycles. The van der Waals surface area contributed by atoms with Gasteiger partial charge in [-0.1, -0.05) is 0 Å². The van der Waals surface area contributed by atoms with Crippen LogP contribution >= 0.6 is 0 Å². The van der Waals surface area contributed by atoms with E-state index in [1.54, 1.807) is 0 Å². The Morgan fingerprint density at radius 1 is 1.67 bits per heavy atom. The summed E-state index contributed by atoms with van der Waals surface area (Å²) in [6, 6.07) is 1.44. The molecule has 0 aromatic rings. The lowest BCUT2D eigenvalue weighted by Gasteiger charge is -2.21. The van der Waals surface area contributed by atoms with E-state index in [4.69, 9.17) is 0 Å². The van der Waals surface area contributed by atoms with Crippen molar-refractivity contribution in [2.45, 2.75) is 25.4 Å². The van der Waals surface area contributed by atoms with Crippen molar-refractivity contribution >= 4 is 0 Å². The Hall–Kier alpha value is -0.0800. The smallest absolute Gasteiger partial charge is 0.0774 e. The highest BCUT2D eigenvalue weighted by Crippen LogP contribution is 2.01. The molecule has 1 rings (SSSR count). The zero-order valence-corrected chi connectivity index (χ0v) is 6.28. The summed E-state index contributed by atoms with van der Waals surface area (Å²) in [4.78, 5) is 1.33. The molecule has 0 bridgehead atoms. The number of likely N-dealkylation sites (N-methyl/N-ethyl adjacent to an activating group) is 1. The molecule has 2 heteroatoms. The van der Waals surface area contributed by atoms with E-state index in [0.29, 0.717) is 6.04 Å².